The van der Waals surface area contributed by atoms with Gasteiger partial charge < -0.3 is 15.4 Å². The second-order valence-electron chi connectivity index (χ2n) is 8.48. The Balaban J connectivity index is 1.95. The van der Waals surface area contributed by atoms with Crippen molar-refractivity contribution in [3.8, 4) is 16.9 Å². The van der Waals surface area contributed by atoms with Crippen molar-refractivity contribution in [1.82, 2.24) is 10.6 Å². The minimum absolute atomic E-state index is 0.205. The number of hydrogen-bond donors (Lipinski definition) is 2. The highest BCUT2D eigenvalue weighted by Gasteiger charge is 2.45. The van der Waals surface area contributed by atoms with Gasteiger partial charge >= 0.3 is 12.1 Å². The topological polar surface area (TPSA) is 67.4 Å². The van der Waals surface area contributed by atoms with E-state index in [-0.39, 0.29) is 12.5 Å². The van der Waals surface area contributed by atoms with E-state index in [2.05, 4.69) is 10.6 Å². The number of benzene rings is 2. The molecule has 0 heterocycles. The molecule has 2 N–H and O–H groups in total. The van der Waals surface area contributed by atoms with Gasteiger partial charge in [0.15, 0.2) is 0 Å². The number of methoxy groups -OCH3 is 1. The van der Waals surface area contributed by atoms with Crippen molar-refractivity contribution in [3.63, 3.8) is 0 Å². The fraction of sp³-hybridized carbons (Fsp3) is 0.458. The number of ether oxygens (including phenoxy) is 1. The monoisotopic (exact) mass is 482 g/mol. The number of hydrogen-bond acceptors (Lipinski definition) is 4. The lowest BCUT2D eigenvalue weighted by molar-refractivity contribution is -0.176. The molecule has 5 nitrogen and oxygen atoms in total. The maximum Gasteiger partial charge on any atom is 0.471 e. The third kappa shape index (κ3) is 6.14. The van der Waals surface area contributed by atoms with Crippen LogP contribution in [0.4, 0.5) is 13.2 Å². The van der Waals surface area contributed by atoms with Gasteiger partial charge in [-0.3, -0.25) is 9.00 Å². The highest BCUT2D eigenvalue weighted by Crippen LogP contribution is 2.37. The molecule has 1 amide bonds. The third-order valence-electron chi connectivity index (χ3n) is 6.32. The van der Waals surface area contributed by atoms with Crippen LogP contribution in [0.15, 0.2) is 47.4 Å². The van der Waals surface area contributed by atoms with Crippen molar-refractivity contribution in [2.24, 2.45) is 0 Å². The van der Waals surface area contributed by atoms with Crippen LogP contribution in [0.5, 0.6) is 5.75 Å². The molecule has 0 aromatic heterocycles. The molecular formula is C24H29F3N2O3S. The van der Waals surface area contributed by atoms with Gasteiger partial charge in [-0.15, -0.1) is 0 Å². The molecule has 2 aromatic carbocycles. The normalized spacial score (nSPS) is 21.9. The molecule has 0 aliphatic heterocycles. The Hall–Kier alpha value is -2.39. The summed E-state index contributed by atoms with van der Waals surface area (Å²) in [6, 6.07) is 13.1. The number of amides is 1. The number of nitrogens with one attached hydrogen (secondary N) is 2. The molecule has 180 valence electrons. The van der Waals surface area contributed by atoms with Gasteiger partial charge in [0.25, 0.3) is 0 Å². The van der Waals surface area contributed by atoms with Crippen LogP contribution >= 0.6 is 0 Å². The maximum absolute atomic E-state index is 13.1. The summed E-state index contributed by atoms with van der Waals surface area (Å²) in [5, 5.41) is 5.49. The summed E-state index contributed by atoms with van der Waals surface area (Å²) in [4.78, 5) is 12.6. The molecule has 1 saturated carbocycles. The second-order valence-corrected chi connectivity index (χ2v) is 9.86. The molecular weight excluding hydrogens is 453 g/mol. The van der Waals surface area contributed by atoms with Crippen molar-refractivity contribution >= 4 is 16.7 Å². The van der Waals surface area contributed by atoms with E-state index < -0.39 is 28.4 Å². The van der Waals surface area contributed by atoms with Gasteiger partial charge in [-0.05, 0) is 80.1 Å². The Morgan fingerprint density at radius 1 is 1.12 bits per heavy atom. The van der Waals surface area contributed by atoms with Crippen molar-refractivity contribution < 1.29 is 26.9 Å². The lowest BCUT2D eigenvalue weighted by Gasteiger charge is -2.41. The van der Waals surface area contributed by atoms with Crippen molar-refractivity contribution in [1.29, 1.82) is 0 Å². The zero-order valence-electron chi connectivity index (χ0n) is 18.9. The first kappa shape index (κ1) is 25.2. The van der Waals surface area contributed by atoms with Crippen molar-refractivity contribution in [2.75, 3.05) is 20.4 Å². The number of carbonyl (C=O) groups excluding carboxylic acids is 1. The molecule has 1 aliphatic rings. The number of alkyl halides is 3. The van der Waals surface area contributed by atoms with Crippen LogP contribution in [0.2, 0.25) is 0 Å². The van der Waals surface area contributed by atoms with E-state index in [1.165, 1.54) is 7.11 Å². The van der Waals surface area contributed by atoms with Crippen molar-refractivity contribution in [3.05, 3.63) is 48.0 Å². The molecule has 1 fully saturated rings. The Kier molecular flexibility index (Phi) is 7.84. The van der Waals surface area contributed by atoms with Crippen LogP contribution in [-0.4, -0.2) is 48.3 Å². The van der Waals surface area contributed by atoms with Crippen LogP contribution in [0.25, 0.3) is 11.1 Å². The predicted molar refractivity (Wildman–Crippen MR) is 123 cm³/mol. The molecule has 0 bridgehead atoms. The van der Waals surface area contributed by atoms with E-state index in [0.29, 0.717) is 36.3 Å². The van der Waals surface area contributed by atoms with Gasteiger partial charge in [0.05, 0.1) is 7.11 Å². The first-order chi connectivity index (χ1) is 15.6. The lowest BCUT2D eigenvalue weighted by atomic mass is 9.75. The quantitative estimate of drug-likeness (QED) is 0.620. The first-order valence-electron chi connectivity index (χ1n) is 10.7. The van der Waals surface area contributed by atoms with Crippen LogP contribution in [0.1, 0.15) is 31.2 Å². The van der Waals surface area contributed by atoms with E-state index >= 15 is 0 Å². The van der Waals surface area contributed by atoms with E-state index in [4.69, 9.17) is 4.74 Å². The highest BCUT2D eigenvalue weighted by atomic mass is 32.2. The molecule has 2 aromatic rings. The van der Waals surface area contributed by atoms with Gasteiger partial charge in [-0.2, -0.15) is 13.2 Å². The average molecular weight is 483 g/mol. The standard InChI is InChI=1S/C24H29F3N2O3S/c1-28-19-10-12-23(13-11-19,29-22(30)24(25,26)27)15-18-14-17(6-9-21(18)32-2)16-4-7-20(8-5-16)33(3)31/h4-9,14,19,28H,10-13,15H2,1-3H3,(H,29,30). The minimum atomic E-state index is -4.94. The van der Waals surface area contributed by atoms with Gasteiger partial charge in [0, 0.05) is 33.5 Å². The van der Waals surface area contributed by atoms with Gasteiger partial charge in [-0.25, -0.2) is 0 Å². The zero-order valence-corrected chi connectivity index (χ0v) is 19.7. The van der Waals surface area contributed by atoms with E-state index in [1.54, 1.807) is 24.5 Å². The minimum Gasteiger partial charge on any atom is -0.496 e. The summed E-state index contributed by atoms with van der Waals surface area (Å²) in [5.74, 6) is -1.36. The Morgan fingerprint density at radius 3 is 2.24 bits per heavy atom. The predicted octanol–water partition coefficient (Wildman–Crippen LogP) is 4.22. The van der Waals surface area contributed by atoms with Crippen LogP contribution < -0.4 is 15.4 Å². The fourth-order valence-corrected chi connectivity index (χ4v) is 4.94. The van der Waals surface area contributed by atoms with Crippen molar-refractivity contribution in [2.45, 2.75) is 54.8 Å². The molecule has 1 atom stereocenters. The van der Waals surface area contributed by atoms with Crippen LogP contribution in [0.3, 0.4) is 0 Å². The second kappa shape index (κ2) is 10.3. The zero-order chi connectivity index (χ0) is 24.2. The summed E-state index contributed by atoms with van der Waals surface area (Å²) in [7, 11) is 2.26. The molecule has 9 heteroatoms. The fourth-order valence-electron chi connectivity index (χ4n) is 4.42. The molecule has 0 radical (unpaired) electrons. The van der Waals surface area contributed by atoms with E-state index in [0.717, 1.165) is 16.7 Å². The smallest absolute Gasteiger partial charge is 0.471 e. The summed E-state index contributed by atoms with van der Waals surface area (Å²) >= 11 is 0. The van der Waals surface area contributed by atoms with Gasteiger partial charge in [-0.1, -0.05) is 18.2 Å². The molecule has 1 aliphatic carbocycles. The number of rotatable bonds is 7. The van der Waals surface area contributed by atoms with E-state index in [9.17, 15) is 22.2 Å². The number of halogens is 3. The molecule has 0 saturated heterocycles. The molecule has 0 spiro atoms. The number of carbonyl (C=O) groups is 1. The molecule has 3 rings (SSSR count). The van der Waals surface area contributed by atoms with Crippen LogP contribution in [0, 0.1) is 0 Å². The van der Waals surface area contributed by atoms with E-state index in [1.807, 2.05) is 31.3 Å². The first-order valence-corrected chi connectivity index (χ1v) is 12.3. The highest BCUT2D eigenvalue weighted by molar-refractivity contribution is 7.84. The maximum atomic E-state index is 13.1. The largest absolute Gasteiger partial charge is 0.496 e. The van der Waals surface area contributed by atoms with Gasteiger partial charge in [0.2, 0.25) is 0 Å². The third-order valence-corrected chi connectivity index (χ3v) is 7.25. The Labute approximate surface area is 194 Å². The summed E-state index contributed by atoms with van der Waals surface area (Å²) in [6.45, 7) is 0. The summed E-state index contributed by atoms with van der Waals surface area (Å²) < 4.78 is 56.5. The molecule has 33 heavy (non-hydrogen) atoms. The Morgan fingerprint density at radius 2 is 1.73 bits per heavy atom. The summed E-state index contributed by atoms with van der Waals surface area (Å²) in [5.41, 5.74) is 1.46. The average Bonchev–Trinajstić information content (AvgIpc) is 2.79. The SMILES string of the molecule is CNC1CCC(Cc2cc(-c3ccc(S(C)=O)cc3)ccc2OC)(NC(=O)C(F)(F)F)CC1. The van der Waals surface area contributed by atoms with Crippen LogP contribution in [-0.2, 0) is 22.0 Å². The van der Waals surface area contributed by atoms with Gasteiger partial charge in [0.1, 0.15) is 5.75 Å². The molecule has 1 unspecified atom stereocenters. The summed E-state index contributed by atoms with van der Waals surface area (Å²) in [6.07, 6.45) is -0.953. The lowest BCUT2D eigenvalue weighted by Crippen LogP contribution is -2.57. The Bertz CT molecular complexity index is 1000.